The fraction of sp³-hybridized carbons (Fsp3) is 1.00. The van der Waals surface area contributed by atoms with Gasteiger partial charge >= 0.3 is 24.1 Å². The molecule has 0 unspecified atom stereocenters. The molecule has 0 saturated carbocycles. The van der Waals surface area contributed by atoms with E-state index in [1.165, 1.54) is 0 Å². The minimum absolute atomic E-state index is 0.138. The predicted octanol–water partition coefficient (Wildman–Crippen LogP) is 2.03. The van der Waals surface area contributed by atoms with E-state index in [9.17, 15) is 44.1 Å². The van der Waals surface area contributed by atoms with Crippen molar-refractivity contribution in [1.82, 2.24) is 5.09 Å². The second-order valence-electron chi connectivity index (χ2n) is 3.04. The summed E-state index contributed by atoms with van der Waals surface area (Å²) in [5.41, 5.74) is 8.31. The van der Waals surface area contributed by atoms with Crippen molar-refractivity contribution in [1.29, 1.82) is 0 Å². The lowest BCUT2D eigenvalue weighted by atomic mass is 10.1. The summed E-state index contributed by atoms with van der Waals surface area (Å²) in [4.78, 5) is 0. The standard InChI is InChI=1S/C4H5F9N3OP/c5-1(6,3(9,10)11)2(7,8)4(12,13)16-18(14,15)17/h(H5,14,15,16,17). The SMILES string of the molecule is NP(N)(=O)NC(F)(F)C(F)(F)C(F)(F)C(F)(F)F. The third-order valence-electron chi connectivity index (χ3n) is 1.46. The van der Waals surface area contributed by atoms with E-state index in [0.717, 1.165) is 0 Å². The molecule has 0 rings (SSSR count). The number of hydrogen-bond acceptors (Lipinski definition) is 1. The minimum Gasteiger partial charge on any atom is -0.271 e. The van der Waals surface area contributed by atoms with Crippen molar-refractivity contribution in [3.05, 3.63) is 0 Å². The third-order valence-corrected chi connectivity index (χ3v) is 2.09. The van der Waals surface area contributed by atoms with Crippen LogP contribution < -0.4 is 16.1 Å². The third kappa shape index (κ3) is 3.08. The van der Waals surface area contributed by atoms with Crippen LogP contribution in [0.15, 0.2) is 0 Å². The molecule has 14 heteroatoms. The highest BCUT2D eigenvalue weighted by Gasteiger charge is 2.82. The Morgan fingerprint density at radius 2 is 1.11 bits per heavy atom. The molecule has 0 saturated heterocycles. The normalized spacial score (nSPS) is 15.9. The molecule has 0 fully saturated rings. The molecule has 0 aromatic heterocycles. The maximum absolute atomic E-state index is 12.6. The molecule has 0 atom stereocenters. The quantitative estimate of drug-likeness (QED) is 0.421. The predicted molar refractivity (Wildman–Crippen MR) is 40.0 cm³/mol. The zero-order valence-corrected chi connectivity index (χ0v) is 8.81. The summed E-state index contributed by atoms with van der Waals surface area (Å²) in [6.45, 7) is 0. The summed E-state index contributed by atoms with van der Waals surface area (Å²) in [7, 11) is -5.19. The van der Waals surface area contributed by atoms with Gasteiger partial charge < -0.3 is 0 Å². The molecular weight excluding hydrogens is 308 g/mol. The molecule has 0 aromatic carbocycles. The minimum atomic E-state index is -7.09. The van der Waals surface area contributed by atoms with E-state index in [2.05, 4.69) is 11.0 Å². The van der Waals surface area contributed by atoms with Crippen molar-refractivity contribution < 1.29 is 44.1 Å². The van der Waals surface area contributed by atoms with Crippen molar-refractivity contribution in [2.75, 3.05) is 0 Å². The lowest BCUT2D eigenvalue weighted by Gasteiger charge is -2.34. The van der Waals surface area contributed by atoms with Gasteiger partial charge in [0.05, 0.1) is 0 Å². The Morgan fingerprint density at radius 3 is 1.33 bits per heavy atom. The lowest BCUT2D eigenvalue weighted by Crippen LogP contribution is -2.65. The van der Waals surface area contributed by atoms with E-state index in [1.807, 2.05) is 0 Å². The van der Waals surface area contributed by atoms with Crippen LogP contribution in [0.2, 0.25) is 0 Å². The van der Waals surface area contributed by atoms with Crippen LogP contribution in [-0.2, 0) is 4.57 Å². The Hall–Kier alpha value is -0.520. The molecule has 0 bridgehead atoms. The second-order valence-corrected chi connectivity index (χ2v) is 4.68. The molecule has 0 spiro atoms. The fourth-order valence-corrected chi connectivity index (χ4v) is 1.24. The number of nitrogens with two attached hydrogens (primary N) is 2. The van der Waals surface area contributed by atoms with Crippen LogP contribution in [0.1, 0.15) is 0 Å². The first-order valence-corrected chi connectivity index (χ1v) is 5.47. The van der Waals surface area contributed by atoms with Gasteiger partial charge in [0, 0.05) is 0 Å². The molecule has 110 valence electrons. The average molecular weight is 313 g/mol. The van der Waals surface area contributed by atoms with Gasteiger partial charge in [-0.3, -0.25) is 15.6 Å². The molecule has 4 nitrogen and oxygen atoms in total. The molecule has 0 aromatic rings. The van der Waals surface area contributed by atoms with Crippen LogP contribution in [0.25, 0.3) is 0 Å². The fourth-order valence-electron chi connectivity index (χ4n) is 0.665. The van der Waals surface area contributed by atoms with Gasteiger partial charge in [0.25, 0.3) is 7.59 Å². The molecule has 18 heavy (non-hydrogen) atoms. The smallest absolute Gasteiger partial charge is 0.271 e. The van der Waals surface area contributed by atoms with Crippen molar-refractivity contribution in [3.63, 3.8) is 0 Å². The highest BCUT2D eigenvalue weighted by Crippen LogP contribution is 2.53. The molecule has 0 aliphatic heterocycles. The Bertz CT molecular complexity index is 359. The van der Waals surface area contributed by atoms with Gasteiger partial charge in [-0.2, -0.15) is 44.6 Å². The van der Waals surface area contributed by atoms with Crippen LogP contribution in [0.4, 0.5) is 39.5 Å². The van der Waals surface area contributed by atoms with Gasteiger partial charge in [0.1, 0.15) is 0 Å². The van der Waals surface area contributed by atoms with E-state index < -0.39 is 31.7 Å². The maximum Gasteiger partial charge on any atom is 0.460 e. The number of halogens is 9. The van der Waals surface area contributed by atoms with Crippen LogP contribution in [-0.4, -0.2) is 24.1 Å². The first-order valence-electron chi connectivity index (χ1n) is 3.62. The van der Waals surface area contributed by atoms with E-state index in [1.54, 1.807) is 0 Å². The summed E-state index contributed by atoms with van der Waals surface area (Å²) in [5.74, 6) is -14.0. The van der Waals surface area contributed by atoms with Crippen LogP contribution >= 0.6 is 7.59 Å². The summed E-state index contributed by atoms with van der Waals surface area (Å²) in [5, 5.41) is -0.138. The number of rotatable bonds is 4. The lowest BCUT2D eigenvalue weighted by molar-refractivity contribution is -0.397. The van der Waals surface area contributed by atoms with E-state index >= 15 is 0 Å². The summed E-state index contributed by atoms with van der Waals surface area (Å²) in [6.07, 6.45) is -6.96. The molecule has 0 heterocycles. The van der Waals surface area contributed by atoms with E-state index in [-0.39, 0.29) is 5.09 Å². The Labute approximate surface area is 93.0 Å². The Balaban J connectivity index is 5.57. The number of alkyl halides is 9. The zero-order chi connectivity index (χ0) is 15.2. The van der Waals surface area contributed by atoms with Crippen molar-refractivity contribution in [2.24, 2.45) is 11.0 Å². The highest BCUT2D eigenvalue weighted by molar-refractivity contribution is 7.56. The van der Waals surface area contributed by atoms with Crippen LogP contribution in [0, 0.1) is 0 Å². The van der Waals surface area contributed by atoms with E-state index in [0.29, 0.717) is 0 Å². The van der Waals surface area contributed by atoms with E-state index in [4.69, 9.17) is 0 Å². The average Bonchev–Trinajstić information content (AvgIpc) is 1.95. The first-order chi connectivity index (χ1) is 7.46. The second kappa shape index (κ2) is 4.25. The molecule has 0 aliphatic rings. The zero-order valence-electron chi connectivity index (χ0n) is 7.91. The topological polar surface area (TPSA) is 81.1 Å². The van der Waals surface area contributed by atoms with Gasteiger partial charge in [0.2, 0.25) is 0 Å². The Kier molecular flexibility index (Phi) is 4.13. The molecule has 0 amide bonds. The molecule has 0 aliphatic carbocycles. The summed E-state index contributed by atoms with van der Waals surface area (Å²) >= 11 is 0. The highest BCUT2D eigenvalue weighted by atomic mass is 31.2. The maximum atomic E-state index is 12.6. The summed E-state index contributed by atoms with van der Waals surface area (Å²) in [6, 6.07) is -6.24. The van der Waals surface area contributed by atoms with Crippen LogP contribution in [0.3, 0.4) is 0 Å². The van der Waals surface area contributed by atoms with Gasteiger partial charge in [-0.1, -0.05) is 0 Å². The van der Waals surface area contributed by atoms with Crippen molar-refractivity contribution >= 4 is 7.59 Å². The number of hydrogen-bond donors (Lipinski definition) is 3. The van der Waals surface area contributed by atoms with Crippen molar-refractivity contribution in [2.45, 2.75) is 24.1 Å². The van der Waals surface area contributed by atoms with Gasteiger partial charge in [-0.25, -0.2) is 0 Å². The monoisotopic (exact) mass is 313 g/mol. The first kappa shape index (κ1) is 17.5. The Morgan fingerprint density at radius 1 is 0.778 bits per heavy atom. The van der Waals surface area contributed by atoms with Gasteiger partial charge in [0.15, 0.2) is 0 Å². The van der Waals surface area contributed by atoms with Crippen LogP contribution in [0.5, 0.6) is 0 Å². The molecular formula is C4H5F9N3OP. The van der Waals surface area contributed by atoms with Crippen molar-refractivity contribution in [3.8, 4) is 0 Å². The number of nitrogens with one attached hydrogen (secondary N) is 1. The largest absolute Gasteiger partial charge is 0.460 e. The summed E-state index contributed by atoms with van der Waals surface area (Å²) < 4.78 is 120. The molecule has 5 N–H and O–H groups in total. The molecule has 0 radical (unpaired) electrons. The van der Waals surface area contributed by atoms with Gasteiger partial charge in [-0.05, 0) is 0 Å². The van der Waals surface area contributed by atoms with Gasteiger partial charge in [-0.15, -0.1) is 0 Å².